The number of aromatic nitrogens is 1. The van der Waals surface area contributed by atoms with Gasteiger partial charge in [-0.05, 0) is 43.7 Å². The highest BCUT2D eigenvalue weighted by molar-refractivity contribution is 7.99. The van der Waals surface area contributed by atoms with Gasteiger partial charge < -0.3 is 4.90 Å². The number of nitrogens with zero attached hydrogens (tertiary/aromatic N) is 3. The maximum Gasteiger partial charge on any atom is 0.417 e. The van der Waals surface area contributed by atoms with Crippen molar-refractivity contribution in [1.82, 2.24) is 9.88 Å². The number of pyridine rings is 1. The maximum absolute atomic E-state index is 12.6. The van der Waals surface area contributed by atoms with Gasteiger partial charge in [-0.3, -0.25) is 4.79 Å². The normalized spacial score (nSPS) is 11.3. The third-order valence-corrected chi connectivity index (χ3v) is 4.72. The second-order valence-corrected chi connectivity index (χ2v) is 7.09. The first-order valence-corrected chi connectivity index (χ1v) is 9.14. The average Bonchev–Trinajstić information content (AvgIpc) is 2.64. The minimum absolute atomic E-state index is 0.0469. The van der Waals surface area contributed by atoms with Crippen molar-refractivity contribution in [3.05, 3.63) is 59.3 Å². The first kappa shape index (κ1) is 20.8. The smallest absolute Gasteiger partial charge is 0.335 e. The van der Waals surface area contributed by atoms with Crippen molar-refractivity contribution in [3.8, 4) is 6.07 Å². The predicted molar refractivity (Wildman–Crippen MR) is 96.8 cm³/mol. The van der Waals surface area contributed by atoms with Crippen LogP contribution in [0.3, 0.4) is 0 Å². The van der Waals surface area contributed by atoms with Crippen LogP contribution in [-0.2, 0) is 17.5 Å². The average molecular weight is 393 g/mol. The lowest BCUT2D eigenvalue weighted by atomic mass is 10.1. The molecule has 1 amide bonds. The molecule has 0 saturated heterocycles. The molecule has 0 saturated carbocycles. The molecule has 27 heavy (non-hydrogen) atoms. The van der Waals surface area contributed by atoms with E-state index in [2.05, 4.69) is 4.98 Å². The number of alkyl halides is 3. The Balaban J connectivity index is 1.99. The summed E-state index contributed by atoms with van der Waals surface area (Å²) in [6.07, 6.45) is -3.66. The third kappa shape index (κ3) is 6.00. The molecule has 0 radical (unpaired) electrons. The van der Waals surface area contributed by atoms with E-state index < -0.39 is 11.7 Å². The Morgan fingerprint density at radius 2 is 1.89 bits per heavy atom. The fourth-order valence-corrected chi connectivity index (χ4v) is 3.02. The SMILES string of the molecule is CC(C)N(Cc1ccc(C#N)cc1)C(=O)CSc1ccc(C(F)(F)F)cn1. The number of benzene rings is 1. The van der Waals surface area contributed by atoms with Gasteiger partial charge in [-0.1, -0.05) is 23.9 Å². The van der Waals surface area contributed by atoms with Gasteiger partial charge in [-0.15, -0.1) is 0 Å². The summed E-state index contributed by atoms with van der Waals surface area (Å²) < 4.78 is 37.7. The number of hydrogen-bond donors (Lipinski definition) is 0. The largest absolute Gasteiger partial charge is 0.417 e. The number of carbonyl (C=O) groups excluding carboxylic acids is 1. The standard InChI is InChI=1S/C19H18F3N3OS/c1-13(2)25(11-15-5-3-14(9-23)4-6-15)18(26)12-27-17-8-7-16(10-24-17)19(20,21)22/h3-8,10,13H,11-12H2,1-2H3. The highest BCUT2D eigenvalue weighted by atomic mass is 32.2. The number of halogens is 3. The lowest BCUT2D eigenvalue weighted by Crippen LogP contribution is -2.37. The van der Waals surface area contributed by atoms with Gasteiger partial charge in [0.05, 0.1) is 28.0 Å². The van der Waals surface area contributed by atoms with Crippen molar-refractivity contribution in [3.63, 3.8) is 0 Å². The summed E-state index contributed by atoms with van der Waals surface area (Å²) in [5.74, 6) is -0.0617. The molecule has 0 N–H and O–H groups in total. The Kier molecular flexibility index (Phi) is 6.86. The number of amides is 1. The van der Waals surface area contributed by atoms with Crippen LogP contribution >= 0.6 is 11.8 Å². The molecule has 0 aliphatic rings. The topological polar surface area (TPSA) is 57.0 Å². The summed E-state index contributed by atoms with van der Waals surface area (Å²) in [4.78, 5) is 18.0. The molecule has 8 heteroatoms. The zero-order valence-corrected chi connectivity index (χ0v) is 15.6. The molecule has 1 aromatic carbocycles. The van der Waals surface area contributed by atoms with Gasteiger partial charge in [0.1, 0.15) is 0 Å². The van der Waals surface area contributed by atoms with E-state index in [4.69, 9.17) is 5.26 Å². The van der Waals surface area contributed by atoms with Crippen LogP contribution in [0.1, 0.15) is 30.5 Å². The van der Waals surface area contributed by atoms with E-state index >= 15 is 0 Å². The van der Waals surface area contributed by atoms with Crippen LogP contribution in [0.2, 0.25) is 0 Å². The third-order valence-electron chi connectivity index (χ3n) is 3.79. The molecule has 142 valence electrons. The summed E-state index contributed by atoms with van der Waals surface area (Å²) in [5, 5.41) is 9.20. The second kappa shape index (κ2) is 8.91. The van der Waals surface area contributed by atoms with E-state index in [1.54, 1.807) is 29.2 Å². The lowest BCUT2D eigenvalue weighted by molar-refractivity contribution is -0.138. The zero-order chi connectivity index (χ0) is 20.0. The highest BCUT2D eigenvalue weighted by Gasteiger charge is 2.30. The summed E-state index contributed by atoms with van der Waals surface area (Å²) in [6.45, 7) is 4.17. The molecule has 1 aromatic heterocycles. The van der Waals surface area contributed by atoms with E-state index in [-0.39, 0.29) is 17.7 Å². The molecule has 0 aliphatic heterocycles. The van der Waals surface area contributed by atoms with Crippen molar-refractivity contribution in [2.24, 2.45) is 0 Å². The van der Waals surface area contributed by atoms with Gasteiger partial charge in [-0.25, -0.2) is 4.98 Å². The Morgan fingerprint density at radius 3 is 2.37 bits per heavy atom. The molecule has 0 bridgehead atoms. The number of rotatable bonds is 6. The summed E-state index contributed by atoms with van der Waals surface area (Å²) in [5.41, 5.74) is 0.626. The van der Waals surface area contributed by atoms with Crippen LogP contribution in [0, 0.1) is 11.3 Å². The summed E-state index contributed by atoms with van der Waals surface area (Å²) >= 11 is 1.10. The van der Waals surface area contributed by atoms with Crippen molar-refractivity contribution >= 4 is 17.7 Å². The minimum atomic E-state index is -4.43. The van der Waals surface area contributed by atoms with Crippen LogP contribution in [0.4, 0.5) is 13.2 Å². The Bertz CT molecular complexity index is 812. The molecule has 0 atom stereocenters. The Morgan fingerprint density at radius 1 is 1.22 bits per heavy atom. The van der Waals surface area contributed by atoms with E-state index in [0.29, 0.717) is 17.1 Å². The van der Waals surface area contributed by atoms with Gasteiger partial charge >= 0.3 is 6.18 Å². The van der Waals surface area contributed by atoms with Crippen LogP contribution in [0.5, 0.6) is 0 Å². The number of carbonyl (C=O) groups is 1. The summed E-state index contributed by atoms with van der Waals surface area (Å²) in [7, 11) is 0. The fourth-order valence-electron chi connectivity index (χ4n) is 2.29. The first-order chi connectivity index (χ1) is 12.7. The monoisotopic (exact) mass is 393 g/mol. The first-order valence-electron chi connectivity index (χ1n) is 8.15. The van der Waals surface area contributed by atoms with E-state index in [1.165, 1.54) is 6.07 Å². The number of hydrogen-bond acceptors (Lipinski definition) is 4. The Hall–Kier alpha value is -2.53. The minimum Gasteiger partial charge on any atom is -0.335 e. The molecule has 4 nitrogen and oxygen atoms in total. The van der Waals surface area contributed by atoms with Gasteiger partial charge in [0.2, 0.25) is 5.91 Å². The fraction of sp³-hybridized carbons (Fsp3) is 0.316. The molecule has 0 fully saturated rings. The number of thioether (sulfide) groups is 1. The van der Waals surface area contributed by atoms with Crippen molar-refractivity contribution in [1.29, 1.82) is 5.26 Å². The van der Waals surface area contributed by atoms with Crippen LogP contribution in [0.15, 0.2) is 47.6 Å². The van der Waals surface area contributed by atoms with Gasteiger partial charge in [0.15, 0.2) is 0 Å². The van der Waals surface area contributed by atoms with Crippen molar-refractivity contribution in [2.75, 3.05) is 5.75 Å². The molecule has 0 aliphatic carbocycles. The van der Waals surface area contributed by atoms with Gasteiger partial charge in [-0.2, -0.15) is 18.4 Å². The Labute approximate surface area is 160 Å². The second-order valence-electron chi connectivity index (χ2n) is 6.10. The lowest BCUT2D eigenvalue weighted by Gasteiger charge is -2.27. The van der Waals surface area contributed by atoms with Crippen LogP contribution < -0.4 is 0 Å². The summed E-state index contributed by atoms with van der Waals surface area (Å²) in [6, 6.07) is 11.2. The molecule has 2 rings (SSSR count). The highest BCUT2D eigenvalue weighted by Crippen LogP contribution is 2.29. The molecule has 2 aromatic rings. The molecular formula is C19H18F3N3OS. The number of nitriles is 1. The van der Waals surface area contributed by atoms with Crippen LogP contribution in [-0.4, -0.2) is 27.6 Å². The molecule has 0 spiro atoms. The van der Waals surface area contributed by atoms with Gasteiger partial charge in [0.25, 0.3) is 0 Å². The van der Waals surface area contributed by atoms with E-state index in [9.17, 15) is 18.0 Å². The van der Waals surface area contributed by atoms with Crippen molar-refractivity contribution in [2.45, 2.75) is 37.6 Å². The molecular weight excluding hydrogens is 375 g/mol. The molecule has 0 unspecified atom stereocenters. The van der Waals surface area contributed by atoms with Crippen LogP contribution in [0.25, 0.3) is 0 Å². The maximum atomic E-state index is 12.6. The van der Waals surface area contributed by atoms with E-state index in [0.717, 1.165) is 29.6 Å². The molecule has 1 heterocycles. The van der Waals surface area contributed by atoms with Crippen molar-refractivity contribution < 1.29 is 18.0 Å². The van der Waals surface area contributed by atoms with Gasteiger partial charge in [0, 0.05) is 18.8 Å². The quantitative estimate of drug-likeness (QED) is 0.678. The van der Waals surface area contributed by atoms with E-state index in [1.807, 2.05) is 19.9 Å². The predicted octanol–water partition coefficient (Wildman–Crippen LogP) is 4.50. The zero-order valence-electron chi connectivity index (χ0n) is 14.8.